The molecule has 2 unspecified atom stereocenters. The minimum absolute atomic E-state index is 0.00988. The van der Waals surface area contributed by atoms with Crippen LogP contribution < -0.4 is 15.5 Å². The van der Waals surface area contributed by atoms with Gasteiger partial charge in [0.15, 0.2) is 5.82 Å². The number of nitrogens with one attached hydrogen (secondary N) is 2. The second-order valence-electron chi connectivity index (χ2n) is 12.1. The van der Waals surface area contributed by atoms with Crippen molar-refractivity contribution < 1.29 is 19.1 Å². The minimum Gasteiger partial charge on any atom is -0.381 e. The van der Waals surface area contributed by atoms with Gasteiger partial charge in [0.2, 0.25) is 5.95 Å². The predicted molar refractivity (Wildman–Crippen MR) is 173 cm³/mol. The summed E-state index contributed by atoms with van der Waals surface area (Å²) in [5, 5.41) is 5.73. The molecule has 3 amide bonds. The third-order valence-electron chi connectivity index (χ3n) is 8.89. The van der Waals surface area contributed by atoms with Crippen molar-refractivity contribution in [2.75, 3.05) is 75.2 Å². The summed E-state index contributed by atoms with van der Waals surface area (Å²) in [5.74, 6) is 2.31. The van der Waals surface area contributed by atoms with Crippen LogP contribution in [0, 0.1) is 0 Å². The van der Waals surface area contributed by atoms with Crippen molar-refractivity contribution in [2.24, 2.45) is 0 Å². The van der Waals surface area contributed by atoms with Crippen molar-refractivity contribution in [2.45, 2.75) is 44.7 Å². The number of carbonyl (C=O) groups is 2. The van der Waals surface area contributed by atoms with Crippen LogP contribution in [-0.2, 0) is 9.47 Å². The van der Waals surface area contributed by atoms with Gasteiger partial charge < -0.3 is 34.8 Å². The number of ether oxygens (including phenoxy) is 2. The average molecular weight is 615 g/mol. The van der Waals surface area contributed by atoms with Crippen LogP contribution in [0.1, 0.15) is 48.8 Å². The predicted octanol–water partition coefficient (Wildman–Crippen LogP) is 4.08. The summed E-state index contributed by atoms with van der Waals surface area (Å²) < 4.78 is 11.2. The first-order chi connectivity index (χ1) is 21.8. The maximum absolute atomic E-state index is 13.0. The van der Waals surface area contributed by atoms with Crippen LogP contribution in [-0.4, -0.2) is 108 Å². The highest BCUT2D eigenvalue weighted by molar-refractivity contribution is 6.00. The number of hydrogen-bond donors (Lipinski definition) is 2. The van der Waals surface area contributed by atoms with Crippen LogP contribution in [0.15, 0.2) is 48.5 Å². The lowest BCUT2D eigenvalue weighted by molar-refractivity contribution is 0.0572. The second-order valence-corrected chi connectivity index (χ2v) is 12.1. The lowest BCUT2D eigenvalue weighted by Gasteiger charge is -2.37. The summed E-state index contributed by atoms with van der Waals surface area (Å²) in [6.45, 7) is 9.91. The average Bonchev–Trinajstić information content (AvgIpc) is 3.07. The summed E-state index contributed by atoms with van der Waals surface area (Å²) >= 11 is 0. The van der Waals surface area contributed by atoms with E-state index in [1.165, 1.54) is 0 Å². The van der Waals surface area contributed by atoms with E-state index in [9.17, 15) is 9.59 Å². The molecule has 4 heterocycles. The zero-order valence-electron chi connectivity index (χ0n) is 26.2. The number of morpholine rings is 1. The van der Waals surface area contributed by atoms with Crippen LogP contribution in [0.3, 0.4) is 0 Å². The Labute approximate surface area is 264 Å². The number of benzene rings is 2. The van der Waals surface area contributed by atoms with Crippen molar-refractivity contribution in [3.63, 3.8) is 0 Å². The highest BCUT2D eigenvalue weighted by Gasteiger charge is 2.27. The van der Waals surface area contributed by atoms with E-state index in [1.807, 2.05) is 29.2 Å². The molecule has 0 saturated carbocycles. The highest BCUT2D eigenvalue weighted by atomic mass is 16.5. The van der Waals surface area contributed by atoms with Gasteiger partial charge in [-0.15, -0.1) is 0 Å². The first-order valence-corrected chi connectivity index (χ1v) is 15.8. The van der Waals surface area contributed by atoms with Crippen LogP contribution in [0.2, 0.25) is 0 Å². The van der Waals surface area contributed by atoms with Gasteiger partial charge >= 0.3 is 6.03 Å². The van der Waals surface area contributed by atoms with Gasteiger partial charge in [0.1, 0.15) is 5.82 Å². The molecule has 3 aliphatic rings. The van der Waals surface area contributed by atoms with Gasteiger partial charge in [0.05, 0.1) is 19.3 Å². The monoisotopic (exact) mass is 614 g/mol. The molecule has 2 N–H and O–H groups in total. The lowest BCUT2D eigenvalue weighted by Crippen LogP contribution is -2.52. The second kappa shape index (κ2) is 13.9. The maximum Gasteiger partial charge on any atom is 0.323 e. The molecule has 0 spiro atoms. The Hall–Kier alpha value is -4.13. The number of likely N-dealkylation sites (N-methyl/N-ethyl adjacent to an activating group) is 1. The lowest BCUT2D eigenvalue weighted by atomic mass is 9.99. The smallest absolute Gasteiger partial charge is 0.323 e. The van der Waals surface area contributed by atoms with E-state index in [2.05, 4.69) is 41.3 Å². The Morgan fingerprint density at radius 3 is 2.16 bits per heavy atom. The summed E-state index contributed by atoms with van der Waals surface area (Å²) in [6.07, 6.45) is 1.77. The molecule has 0 aliphatic carbocycles. The third kappa shape index (κ3) is 7.41. The fourth-order valence-corrected chi connectivity index (χ4v) is 5.91. The van der Waals surface area contributed by atoms with Crippen LogP contribution in [0.5, 0.6) is 0 Å². The van der Waals surface area contributed by atoms with E-state index >= 15 is 0 Å². The molecular formula is C33H42N8O4. The van der Waals surface area contributed by atoms with Gasteiger partial charge in [-0.25, -0.2) is 9.78 Å². The van der Waals surface area contributed by atoms with Crippen molar-refractivity contribution >= 4 is 29.3 Å². The van der Waals surface area contributed by atoms with E-state index < -0.39 is 0 Å². The molecule has 0 bridgehead atoms. The Morgan fingerprint density at radius 1 is 0.800 bits per heavy atom. The molecule has 3 aliphatic heterocycles. The largest absolute Gasteiger partial charge is 0.381 e. The van der Waals surface area contributed by atoms with Crippen molar-refractivity contribution in [3.05, 3.63) is 59.9 Å². The molecule has 45 heavy (non-hydrogen) atoms. The number of carbonyl (C=O) groups excluding carboxylic acids is 2. The molecule has 1 aromatic heterocycles. The van der Waals surface area contributed by atoms with Gasteiger partial charge in [0.25, 0.3) is 5.91 Å². The first-order valence-electron chi connectivity index (χ1n) is 15.8. The zero-order chi connectivity index (χ0) is 31.3. The number of piperazine rings is 1. The summed E-state index contributed by atoms with van der Waals surface area (Å²) in [6, 6.07) is 14.6. The Kier molecular flexibility index (Phi) is 9.53. The SMILES string of the molecule is CC1CN(C(=O)c2ccc(NC(=O)Nc3ccc(-c4nc(C5CCOCC5)nc(N5CCOCC5C)n4)cc3)cc2)CCN1C. The van der Waals surface area contributed by atoms with E-state index in [0.29, 0.717) is 74.3 Å². The van der Waals surface area contributed by atoms with E-state index in [-0.39, 0.29) is 23.9 Å². The van der Waals surface area contributed by atoms with Gasteiger partial charge in [0, 0.05) is 73.9 Å². The Balaban J connectivity index is 1.11. The van der Waals surface area contributed by atoms with Crippen molar-refractivity contribution in [1.82, 2.24) is 24.8 Å². The number of aromatic nitrogens is 3. The number of nitrogens with zero attached hydrogens (tertiary/aromatic N) is 6. The summed E-state index contributed by atoms with van der Waals surface area (Å²) in [7, 11) is 2.08. The molecule has 3 saturated heterocycles. The van der Waals surface area contributed by atoms with E-state index in [1.54, 1.807) is 24.3 Å². The molecule has 238 valence electrons. The summed E-state index contributed by atoms with van der Waals surface area (Å²) in [4.78, 5) is 46.7. The molecule has 12 nitrogen and oxygen atoms in total. The van der Waals surface area contributed by atoms with Crippen molar-refractivity contribution in [1.29, 1.82) is 0 Å². The number of hydrogen-bond acceptors (Lipinski definition) is 9. The van der Waals surface area contributed by atoms with Crippen LogP contribution >= 0.6 is 0 Å². The minimum atomic E-state index is -0.375. The fraction of sp³-hybridized carbons (Fsp3) is 0.485. The number of anilines is 3. The molecule has 2 atom stereocenters. The number of amides is 3. The van der Waals surface area contributed by atoms with Crippen LogP contribution in [0.25, 0.3) is 11.4 Å². The quantitative estimate of drug-likeness (QED) is 0.423. The molecule has 12 heteroatoms. The topological polar surface area (TPSA) is 125 Å². The van der Waals surface area contributed by atoms with E-state index in [4.69, 9.17) is 24.4 Å². The maximum atomic E-state index is 13.0. The van der Waals surface area contributed by atoms with Crippen molar-refractivity contribution in [3.8, 4) is 11.4 Å². The number of rotatable bonds is 6. The van der Waals surface area contributed by atoms with Gasteiger partial charge in [-0.2, -0.15) is 9.97 Å². The zero-order valence-corrected chi connectivity index (χ0v) is 26.2. The van der Waals surface area contributed by atoms with Gasteiger partial charge in [-0.05, 0) is 82.3 Å². The molecule has 0 radical (unpaired) electrons. The standard InChI is InChI=1S/C33H42N8O4/c1-22-20-40(15-14-39(22)3)31(42)26-6-10-28(11-7-26)35-33(43)34-27-8-4-24(5-9-27)29-36-30(25-12-17-44-18-13-25)38-32(37-29)41-16-19-45-21-23(41)2/h4-11,22-23,25H,12-21H2,1-3H3,(H2,34,35,43). The van der Waals surface area contributed by atoms with Gasteiger partial charge in [-0.1, -0.05) is 0 Å². The molecule has 6 rings (SSSR count). The molecule has 2 aromatic carbocycles. The number of urea groups is 1. The summed E-state index contributed by atoms with van der Waals surface area (Å²) in [5.41, 5.74) is 2.68. The molecule has 3 fully saturated rings. The molecule has 3 aromatic rings. The highest BCUT2D eigenvalue weighted by Crippen LogP contribution is 2.29. The van der Waals surface area contributed by atoms with E-state index in [0.717, 1.165) is 37.3 Å². The Morgan fingerprint density at radius 2 is 1.49 bits per heavy atom. The molecular weight excluding hydrogens is 572 g/mol. The fourth-order valence-electron chi connectivity index (χ4n) is 5.91. The first kappa shape index (κ1) is 30.9. The normalized spacial score (nSPS) is 21.4. The Bertz CT molecular complexity index is 1480. The van der Waals surface area contributed by atoms with Crippen LogP contribution in [0.4, 0.5) is 22.1 Å². The van der Waals surface area contributed by atoms with Gasteiger partial charge in [-0.3, -0.25) is 4.79 Å². The third-order valence-corrected chi connectivity index (χ3v) is 8.89.